The van der Waals surface area contributed by atoms with Gasteiger partial charge in [-0.3, -0.25) is 9.59 Å². The fourth-order valence-electron chi connectivity index (χ4n) is 4.77. The normalized spacial score (nSPS) is 19.0. The molecule has 1 atom stereocenters. The predicted octanol–water partition coefficient (Wildman–Crippen LogP) is 4.12. The lowest BCUT2D eigenvalue weighted by Gasteiger charge is -2.29. The van der Waals surface area contributed by atoms with Gasteiger partial charge in [-0.15, -0.1) is 0 Å². The standard InChI is InChI=1S/C24H25N3O2/c28-22(26-13-6-1-7-14-26)12-15-27-23(18-9-2-3-10-19(18)24(27)29)20-16-25-21-11-5-4-8-17(20)21/h2-5,8-11,16,23,25H,1,6-7,12-15H2. The number of nitrogens with one attached hydrogen (secondary N) is 1. The summed E-state index contributed by atoms with van der Waals surface area (Å²) in [6.45, 7) is 2.13. The molecule has 5 nitrogen and oxygen atoms in total. The van der Waals surface area contributed by atoms with Gasteiger partial charge < -0.3 is 14.8 Å². The Labute approximate surface area is 170 Å². The SMILES string of the molecule is O=C(CCN1C(=O)c2ccccc2C1c1c[nH]c2ccccc12)N1CCCCC1. The summed E-state index contributed by atoms with van der Waals surface area (Å²) in [4.78, 5) is 33.1. The number of para-hydroxylation sites is 1. The van der Waals surface area contributed by atoms with Gasteiger partial charge in [-0.2, -0.15) is 0 Å². The van der Waals surface area contributed by atoms with Crippen LogP contribution < -0.4 is 0 Å². The van der Waals surface area contributed by atoms with Crippen molar-refractivity contribution in [2.24, 2.45) is 0 Å². The highest BCUT2D eigenvalue weighted by Gasteiger charge is 2.38. The molecule has 2 aliphatic heterocycles. The van der Waals surface area contributed by atoms with Gasteiger partial charge in [0.25, 0.3) is 5.91 Å². The fourth-order valence-corrected chi connectivity index (χ4v) is 4.77. The molecule has 0 spiro atoms. The molecule has 29 heavy (non-hydrogen) atoms. The van der Waals surface area contributed by atoms with Crippen molar-refractivity contribution in [2.75, 3.05) is 19.6 Å². The van der Waals surface area contributed by atoms with Crippen molar-refractivity contribution in [3.63, 3.8) is 0 Å². The molecular weight excluding hydrogens is 362 g/mol. The largest absolute Gasteiger partial charge is 0.361 e. The van der Waals surface area contributed by atoms with Crippen LogP contribution in [-0.2, 0) is 4.79 Å². The highest BCUT2D eigenvalue weighted by Crippen LogP contribution is 2.41. The van der Waals surface area contributed by atoms with Crippen molar-refractivity contribution in [1.82, 2.24) is 14.8 Å². The number of rotatable bonds is 4. The van der Waals surface area contributed by atoms with E-state index in [2.05, 4.69) is 11.1 Å². The molecule has 1 N–H and O–H groups in total. The summed E-state index contributed by atoms with van der Waals surface area (Å²) in [7, 11) is 0. The Kier molecular flexibility index (Phi) is 4.58. The summed E-state index contributed by atoms with van der Waals surface area (Å²) in [5.74, 6) is 0.174. The molecule has 2 aromatic carbocycles. The number of nitrogens with zero attached hydrogens (tertiary/aromatic N) is 2. The molecule has 2 aliphatic rings. The maximum atomic E-state index is 13.2. The van der Waals surface area contributed by atoms with Crippen molar-refractivity contribution >= 4 is 22.7 Å². The van der Waals surface area contributed by atoms with Crippen molar-refractivity contribution < 1.29 is 9.59 Å². The van der Waals surface area contributed by atoms with E-state index in [4.69, 9.17) is 0 Å². The predicted molar refractivity (Wildman–Crippen MR) is 113 cm³/mol. The van der Waals surface area contributed by atoms with Crippen molar-refractivity contribution in [1.29, 1.82) is 0 Å². The number of carbonyl (C=O) groups excluding carboxylic acids is 2. The number of H-pyrrole nitrogens is 1. The van der Waals surface area contributed by atoms with Crippen LogP contribution in [0.15, 0.2) is 54.7 Å². The van der Waals surface area contributed by atoms with E-state index < -0.39 is 0 Å². The molecule has 0 radical (unpaired) electrons. The Morgan fingerprint density at radius 2 is 1.72 bits per heavy atom. The van der Waals surface area contributed by atoms with Crippen LogP contribution in [0, 0.1) is 0 Å². The highest BCUT2D eigenvalue weighted by atomic mass is 16.2. The third kappa shape index (κ3) is 3.11. The summed E-state index contributed by atoms with van der Waals surface area (Å²) in [6, 6.07) is 15.8. The third-order valence-corrected chi connectivity index (χ3v) is 6.25. The Balaban J connectivity index is 1.46. The molecule has 3 heterocycles. The van der Waals surface area contributed by atoms with Crippen LogP contribution in [0.25, 0.3) is 10.9 Å². The first-order valence-electron chi connectivity index (χ1n) is 10.5. The summed E-state index contributed by atoms with van der Waals surface area (Å²) in [6.07, 6.45) is 5.74. The molecule has 148 valence electrons. The number of aromatic nitrogens is 1. The Hall–Kier alpha value is -3.08. The zero-order valence-electron chi connectivity index (χ0n) is 16.4. The van der Waals surface area contributed by atoms with E-state index >= 15 is 0 Å². The molecule has 5 rings (SSSR count). The lowest BCUT2D eigenvalue weighted by atomic mass is 9.97. The number of hydrogen-bond acceptors (Lipinski definition) is 2. The molecular formula is C24H25N3O2. The molecule has 3 aromatic rings. The third-order valence-electron chi connectivity index (χ3n) is 6.25. The van der Waals surface area contributed by atoms with Gasteiger partial charge in [0.15, 0.2) is 0 Å². The molecule has 1 unspecified atom stereocenters. The van der Waals surface area contributed by atoms with Crippen LogP contribution in [0.3, 0.4) is 0 Å². The molecule has 1 fully saturated rings. The molecule has 0 aliphatic carbocycles. The number of piperidine rings is 1. The van der Waals surface area contributed by atoms with Crippen molar-refractivity contribution in [3.8, 4) is 0 Å². The lowest BCUT2D eigenvalue weighted by Crippen LogP contribution is -2.38. The van der Waals surface area contributed by atoms with E-state index in [0.717, 1.165) is 53.5 Å². The molecule has 1 saturated heterocycles. The van der Waals surface area contributed by atoms with Gasteiger partial charge in [0.05, 0.1) is 6.04 Å². The van der Waals surface area contributed by atoms with Gasteiger partial charge in [-0.1, -0.05) is 36.4 Å². The lowest BCUT2D eigenvalue weighted by molar-refractivity contribution is -0.132. The van der Waals surface area contributed by atoms with Crippen LogP contribution in [0.4, 0.5) is 0 Å². The van der Waals surface area contributed by atoms with Crippen LogP contribution in [0.2, 0.25) is 0 Å². The van der Waals surface area contributed by atoms with Gasteiger partial charge in [-0.25, -0.2) is 0 Å². The van der Waals surface area contributed by atoms with Gasteiger partial charge in [0.2, 0.25) is 5.91 Å². The number of benzene rings is 2. The quantitative estimate of drug-likeness (QED) is 0.732. The second-order valence-electron chi connectivity index (χ2n) is 7.97. The molecule has 0 saturated carbocycles. The molecule has 1 aromatic heterocycles. The second kappa shape index (κ2) is 7.39. The smallest absolute Gasteiger partial charge is 0.255 e. The van der Waals surface area contributed by atoms with E-state index in [-0.39, 0.29) is 17.9 Å². The number of aromatic amines is 1. The first-order valence-corrected chi connectivity index (χ1v) is 10.5. The number of likely N-dealkylation sites (tertiary alicyclic amines) is 1. The Bertz CT molecular complexity index is 1060. The topological polar surface area (TPSA) is 56.4 Å². The van der Waals surface area contributed by atoms with Crippen LogP contribution >= 0.6 is 0 Å². The maximum Gasteiger partial charge on any atom is 0.255 e. The summed E-state index contributed by atoms with van der Waals surface area (Å²) >= 11 is 0. The van der Waals surface area contributed by atoms with Gasteiger partial charge in [0, 0.05) is 54.3 Å². The van der Waals surface area contributed by atoms with Gasteiger partial charge in [0.1, 0.15) is 0 Å². The fraction of sp³-hybridized carbons (Fsp3) is 0.333. The van der Waals surface area contributed by atoms with Gasteiger partial charge in [-0.05, 0) is 37.0 Å². The van der Waals surface area contributed by atoms with E-state index in [1.165, 1.54) is 6.42 Å². The zero-order valence-corrected chi connectivity index (χ0v) is 16.4. The minimum absolute atomic E-state index is 0.0160. The number of carbonyl (C=O) groups is 2. The van der Waals surface area contributed by atoms with E-state index in [9.17, 15) is 9.59 Å². The Morgan fingerprint density at radius 3 is 2.59 bits per heavy atom. The van der Waals surface area contributed by atoms with E-state index in [1.54, 1.807) is 0 Å². The second-order valence-corrected chi connectivity index (χ2v) is 7.97. The number of amides is 2. The minimum Gasteiger partial charge on any atom is -0.361 e. The molecule has 2 amide bonds. The average Bonchev–Trinajstić information content (AvgIpc) is 3.31. The first kappa shape index (κ1) is 18.0. The van der Waals surface area contributed by atoms with Crippen LogP contribution in [-0.4, -0.2) is 46.2 Å². The highest BCUT2D eigenvalue weighted by molar-refractivity contribution is 6.01. The van der Waals surface area contributed by atoms with Gasteiger partial charge >= 0.3 is 0 Å². The van der Waals surface area contributed by atoms with Crippen molar-refractivity contribution in [3.05, 3.63) is 71.4 Å². The van der Waals surface area contributed by atoms with E-state index in [0.29, 0.717) is 13.0 Å². The summed E-state index contributed by atoms with van der Waals surface area (Å²) < 4.78 is 0. The molecule has 0 bridgehead atoms. The maximum absolute atomic E-state index is 13.2. The summed E-state index contributed by atoms with van der Waals surface area (Å²) in [5, 5.41) is 1.12. The zero-order chi connectivity index (χ0) is 19.8. The summed E-state index contributed by atoms with van der Waals surface area (Å²) in [5.41, 5.74) is 3.91. The Morgan fingerprint density at radius 1 is 0.966 bits per heavy atom. The monoisotopic (exact) mass is 387 g/mol. The average molecular weight is 387 g/mol. The van der Waals surface area contributed by atoms with Crippen LogP contribution in [0.5, 0.6) is 0 Å². The van der Waals surface area contributed by atoms with Crippen molar-refractivity contribution in [2.45, 2.75) is 31.7 Å². The van der Waals surface area contributed by atoms with Crippen LogP contribution in [0.1, 0.15) is 53.2 Å². The van der Waals surface area contributed by atoms with E-state index in [1.807, 2.05) is 58.5 Å². The first-order chi connectivity index (χ1) is 14.2. The number of fused-ring (bicyclic) bond motifs is 2. The number of hydrogen-bond donors (Lipinski definition) is 1. The molecule has 5 heteroatoms. The minimum atomic E-state index is -0.163.